The third-order valence-electron chi connectivity index (χ3n) is 3.63. The summed E-state index contributed by atoms with van der Waals surface area (Å²) in [4.78, 5) is 11.5. The normalized spacial score (nSPS) is 13.9. The quantitative estimate of drug-likeness (QED) is 0.871. The molecule has 1 aromatic heterocycles. The zero-order valence-electron chi connectivity index (χ0n) is 11.2. The predicted molar refractivity (Wildman–Crippen MR) is 81.2 cm³/mol. The zero-order valence-corrected chi connectivity index (χ0v) is 12.8. The van der Waals surface area contributed by atoms with Crippen LogP contribution in [0.25, 0.3) is 11.3 Å². The highest BCUT2D eigenvalue weighted by Gasteiger charge is 2.20. The van der Waals surface area contributed by atoms with Crippen molar-refractivity contribution in [2.45, 2.75) is 25.7 Å². The van der Waals surface area contributed by atoms with Gasteiger partial charge >= 0.3 is 0 Å². The van der Waals surface area contributed by atoms with E-state index in [1.54, 1.807) is 13.2 Å². The lowest BCUT2D eigenvalue weighted by Crippen LogP contribution is -2.13. The van der Waals surface area contributed by atoms with Gasteiger partial charge in [0.25, 0.3) is 5.56 Å². The van der Waals surface area contributed by atoms with Crippen LogP contribution in [0.2, 0.25) is 0 Å². The van der Waals surface area contributed by atoms with Gasteiger partial charge < -0.3 is 4.74 Å². The van der Waals surface area contributed by atoms with Crippen LogP contribution in [0.15, 0.2) is 27.5 Å². The van der Waals surface area contributed by atoms with E-state index in [9.17, 15) is 4.79 Å². The molecule has 0 fully saturated rings. The van der Waals surface area contributed by atoms with Crippen molar-refractivity contribution in [1.29, 1.82) is 0 Å². The molecule has 20 heavy (non-hydrogen) atoms. The Morgan fingerprint density at radius 1 is 1.20 bits per heavy atom. The minimum atomic E-state index is -0.151. The summed E-state index contributed by atoms with van der Waals surface area (Å²) in [6.45, 7) is 0. The second-order valence-corrected chi connectivity index (χ2v) is 5.87. The van der Waals surface area contributed by atoms with Gasteiger partial charge in [-0.05, 0) is 48.9 Å². The summed E-state index contributed by atoms with van der Waals surface area (Å²) < 4.78 is 6.51. The number of aromatic amines is 1. The minimum Gasteiger partial charge on any atom is -0.496 e. The van der Waals surface area contributed by atoms with Crippen LogP contribution >= 0.6 is 15.9 Å². The number of aromatic nitrogens is 2. The first kappa shape index (κ1) is 13.4. The smallest absolute Gasteiger partial charge is 0.264 e. The molecule has 0 bridgehead atoms. The third-order valence-corrected chi connectivity index (χ3v) is 4.09. The van der Waals surface area contributed by atoms with Crippen LogP contribution in [0.1, 0.15) is 24.0 Å². The van der Waals surface area contributed by atoms with Crippen LogP contribution in [0, 0.1) is 0 Å². The van der Waals surface area contributed by atoms with E-state index in [2.05, 4.69) is 32.2 Å². The molecule has 1 heterocycles. The monoisotopic (exact) mass is 334 g/mol. The van der Waals surface area contributed by atoms with Crippen LogP contribution in [-0.4, -0.2) is 17.3 Å². The Bertz CT molecular complexity index is 710. The molecule has 3 rings (SSSR count). The van der Waals surface area contributed by atoms with Gasteiger partial charge in [-0.15, -0.1) is 0 Å². The molecule has 104 valence electrons. The zero-order chi connectivity index (χ0) is 14.1. The molecule has 1 aliphatic rings. The highest BCUT2D eigenvalue weighted by atomic mass is 79.9. The highest BCUT2D eigenvalue weighted by Crippen LogP contribution is 2.38. The second-order valence-electron chi connectivity index (χ2n) is 4.96. The number of H-pyrrole nitrogens is 1. The van der Waals surface area contributed by atoms with Gasteiger partial charge in [-0.2, -0.15) is 5.10 Å². The van der Waals surface area contributed by atoms with E-state index in [0.29, 0.717) is 0 Å². The fourth-order valence-corrected chi connectivity index (χ4v) is 3.23. The van der Waals surface area contributed by atoms with Gasteiger partial charge in [0, 0.05) is 16.1 Å². The average molecular weight is 335 g/mol. The van der Waals surface area contributed by atoms with E-state index in [0.717, 1.165) is 52.7 Å². The predicted octanol–water partition coefficient (Wildman–Crippen LogP) is 3.09. The SMILES string of the molecule is COc1cc(Br)cc2c1-c1n[nH]c(=O)cc1CCCC2. The number of hydrogen-bond donors (Lipinski definition) is 1. The molecule has 0 atom stereocenters. The first-order chi connectivity index (χ1) is 9.69. The lowest BCUT2D eigenvalue weighted by atomic mass is 9.91. The first-order valence-corrected chi connectivity index (χ1v) is 7.43. The van der Waals surface area contributed by atoms with Crippen LogP contribution in [0.3, 0.4) is 0 Å². The third kappa shape index (κ3) is 2.38. The first-order valence-electron chi connectivity index (χ1n) is 6.64. The number of ether oxygens (including phenoxy) is 1. The van der Waals surface area contributed by atoms with Gasteiger partial charge in [-0.25, -0.2) is 5.10 Å². The number of fused-ring (bicyclic) bond motifs is 3. The van der Waals surface area contributed by atoms with Crippen molar-refractivity contribution in [3.8, 4) is 17.0 Å². The summed E-state index contributed by atoms with van der Waals surface area (Å²) in [5.74, 6) is 0.789. The van der Waals surface area contributed by atoms with Gasteiger partial charge in [0.05, 0.1) is 12.8 Å². The van der Waals surface area contributed by atoms with Gasteiger partial charge in [0.15, 0.2) is 0 Å². The molecule has 0 saturated carbocycles. The molecule has 0 amide bonds. The van der Waals surface area contributed by atoms with E-state index < -0.39 is 0 Å². The maximum atomic E-state index is 11.5. The number of benzene rings is 1. The fourth-order valence-electron chi connectivity index (χ4n) is 2.74. The molecule has 5 heteroatoms. The van der Waals surface area contributed by atoms with Crippen molar-refractivity contribution in [3.05, 3.63) is 44.2 Å². The number of halogens is 1. The molecule has 0 spiro atoms. The average Bonchev–Trinajstić information content (AvgIpc) is 2.41. The molecule has 1 N–H and O–H groups in total. The van der Waals surface area contributed by atoms with Gasteiger partial charge in [0.2, 0.25) is 0 Å². The number of aryl methyl sites for hydroxylation is 2. The van der Waals surface area contributed by atoms with Gasteiger partial charge in [-0.1, -0.05) is 15.9 Å². The topological polar surface area (TPSA) is 55.0 Å². The van der Waals surface area contributed by atoms with Crippen molar-refractivity contribution in [2.75, 3.05) is 7.11 Å². The van der Waals surface area contributed by atoms with Crippen LogP contribution < -0.4 is 10.3 Å². The standard InChI is InChI=1S/C15H15BrN2O2/c1-20-12-8-11(16)6-9-4-2-3-5-10-7-13(19)17-18-15(10)14(9)12/h6-8H,2-5H2,1H3,(H,17,19). The van der Waals surface area contributed by atoms with Crippen molar-refractivity contribution in [2.24, 2.45) is 0 Å². The lowest BCUT2D eigenvalue weighted by Gasteiger charge is -2.19. The summed E-state index contributed by atoms with van der Waals surface area (Å²) in [6.07, 6.45) is 4.03. The lowest BCUT2D eigenvalue weighted by molar-refractivity contribution is 0.415. The molecule has 2 aromatic rings. The summed E-state index contributed by atoms with van der Waals surface area (Å²) in [7, 11) is 1.66. The summed E-state index contributed by atoms with van der Waals surface area (Å²) in [5, 5.41) is 6.81. The molecular weight excluding hydrogens is 320 g/mol. The van der Waals surface area contributed by atoms with Crippen molar-refractivity contribution < 1.29 is 4.74 Å². The summed E-state index contributed by atoms with van der Waals surface area (Å²) in [6, 6.07) is 5.70. The summed E-state index contributed by atoms with van der Waals surface area (Å²) in [5.41, 5.74) is 3.89. The number of nitrogens with zero attached hydrogens (tertiary/aromatic N) is 1. The van der Waals surface area contributed by atoms with Crippen LogP contribution in [0.4, 0.5) is 0 Å². The van der Waals surface area contributed by atoms with Crippen molar-refractivity contribution >= 4 is 15.9 Å². The molecular formula is C15H15BrN2O2. The molecule has 1 aliphatic carbocycles. The van der Waals surface area contributed by atoms with E-state index in [1.165, 1.54) is 5.56 Å². The number of hydrogen-bond acceptors (Lipinski definition) is 3. The minimum absolute atomic E-state index is 0.151. The van der Waals surface area contributed by atoms with Crippen LogP contribution in [0.5, 0.6) is 5.75 Å². The molecule has 4 nitrogen and oxygen atoms in total. The van der Waals surface area contributed by atoms with Gasteiger partial charge in [0.1, 0.15) is 5.75 Å². The van der Waals surface area contributed by atoms with E-state index >= 15 is 0 Å². The molecule has 0 saturated heterocycles. The fraction of sp³-hybridized carbons (Fsp3) is 0.333. The number of methoxy groups -OCH3 is 1. The Morgan fingerprint density at radius 2 is 1.95 bits per heavy atom. The second kappa shape index (κ2) is 5.40. The van der Waals surface area contributed by atoms with E-state index in [1.807, 2.05) is 6.07 Å². The maximum absolute atomic E-state index is 11.5. The Hall–Kier alpha value is -1.62. The van der Waals surface area contributed by atoms with Crippen LogP contribution in [-0.2, 0) is 12.8 Å². The largest absolute Gasteiger partial charge is 0.496 e. The van der Waals surface area contributed by atoms with Gasteiger partial charge in [-0.3, -0.25) is 4.79 Å². The van der Waals surface area contributed by atoms with Crippen molar-refractivity contribution in [3.63, 3.8) is 0 Å². The molecule has 0 unspecified atom stereocenters. The Balaban J connectivity index is 2.32. The molecule has 0 aliphatic heterocycles. The number of rotatable bonds is 1. The molecule has 0 radical (unpaired) electrons. The van der Waals surface area contributed by atoms with E-state index in [4.69, 9.17) is 4.74 Å². The Morgan fingerprint density at radius 3 is 2.70 bits per heavy atom. The Labute approximate surface area is 125 Å². The van der Waals surface area contributed by atoms with E-state index in [-0.39, 0.29) is 5.56 Å². The molecule has 1 aromatic carbocycles. The Kier molecular flexibility index (Phi) is 3.61. The maximum Gasteiger partial charge on any atom is 0.264 e. The highest BCUT2D eigenvalue weighted by molar-refractivity contribution is 9.10. The number of nitrogens with one attached hydrogen (secondary N) is 1. The van der Waals surface area contributed by atoms with Crippen molar-refractivity contribution in [1.82, 2.24) is 10.2 Å². The summed E-state index contributed by atoms with van der Waals surface area (Å²) >= 11 is 3.52.